The van der Waals surface area contributed by atoms with E-state index < -0.39 is 10.0 Å². The van der Waals surface area contributed by atoms with E-state index in [0.717, 1.165) is 10.5 Å². The van der Waals surface area contributed by atoms with Crippen LogP contribution in [0.4, 0.5) is 11.4 Å². The van der Waals surface area contributed by atoms with E-state index in [1.807, 2.05) is 25.1 Å². The normalized spacial score (nSPS) is 11.3. The Labute approximate surface area is 129 Å². The van der Waals surface area contributed by atoms with Crippen LogP contribution in [-0.2, 0) is 10.0 Å². The molecule has 0 bridgehead atoms. The third-order valence-electron chi connectivity index (χ3n) is 2.78. The predicted octanol–water partition coefficient (Wildman–Crippen LogP) is 2.51. The van der Waals surface area contributed by atoms with Gasteiger partial charge in [-0.2, -0.15) is 0 Å². The van der Waals surface area contributed by atoms with Gasteiger partial charge >= 0.3 is 0 Å². The number of nitrogen functional groups attached to an aromatic ring is 1. The lowest BCUT2D eigenvalue weighted by atomic mass is 10.3. The predicted molar refractivity (Wildman–Crippen MR) is 88.0 cm³/mol. The Balaban J connectivity index is 1.91. The minimum Gasteiger partial charge on any atom is -0.399 e. The van der Waals surface area contributed by atoms with Crippen molar-refractivity contribution in [1.29, 1.82) is 0 Å². The summed E-state index contributed by atoms with van der Waals surface area (Å²) in [6.07, 6.45) is 3.14. The van der Waals surface area contributed by atoms with Gasteiger partial charge in [0.05, 0.1) is 17.6 Å². The zero-order valence-corrected chi connectivity index (χ0v) is 13.2. The van der Waals surface area contributed by atoms with E-state index in [1.54, 1.807) is 18.3 Å². The molecule has 2 aromatic rings. The molecule has 0 fully saturated rings. The molecule has 112 valence electrons. The zero-order chi connectivity index (χ0) is 15.3. The molecular weight excluding hydrogens is 306 g/mol. The highest BCUT2D eigenvalue weighted by Gasteiger charge is 2.12. The van der Waals surface area contributed by atoms with Crippen LogP contribution in [0.3, 0.4) is 0 Å². The van der Waals surface area contributed by atoms with Crippen LogP contribution >= 0.6 is 11.8 Å². The maximum absolute atomic E-state index is 12.0. The molecule has 0 atom stereocenters. The first-order chi connectivity index (χ1) is 9.96. The van der Waals surface area contributed by atoms with Gasteiger partial charge in [-0.15, -0.1) is 11.8 Å². The van der Waals surface area contributed by atoms with Gasteiger partial charge in [0.25, 0.3) is 0 Å². The standard InChI is InChI=1S/C14H17N3O2S2/c1-11-5-6-16-10-14(11)17-21(18,19)8-7-20-13-4-2-3-12(15)9-13/h2-6,9-10,17H,7-8,15H2,1H3. The first kappa shape index (κ1) is 15.7. The molecule has 2 rings (SSSR count). The number of hydrogen-bond acceptors (Lipinski definition) is 5. The number of benzene rings is 1. The minimum atomic E-state index is -3.38. The van der Waals surface area contributed by atoms with Gasteiger partial charge in [0, 0.05) is 22.5 Å². The van der Waals surface area contributed by atoms with Gasteiger partial charge in [-0.25, -0.2) is 8.42 Å². The van der Waals surface area contributed by atoms with Crippen LogP contribution in [0.2, 0.25) is 0 Å². The summed E-state index contributed by atoms with van der Waals surface area (Å²) >= 11 is 1.46. The molecular formula is C14H17N3O2S2. The smallest absolute Gasteiger partial charge is 0.233 e. The molecule has 0 aliphatic heterocycles. The number of pyridine rings is 1. The third kappa shape index (κ3) is 4.95. The summed E-state index contributed by atoms with van der Waals surface area (Å²) < 4.78 is 26.6. The van der Waals surface area contributed by atoms with Gasteiger partial charge in [-0.05, 0) is 36.8 Å². The fourth-order valence-electron chi connectivity index (χ4n) is 1.66. The van der Waals surface area contributed by atoms with Crippen LogP contribution in [0.5, 0.6) is 0 Å². The lowest BCUT2D eigenvalue weighted by Crippen LogP contribution is -2.18. The zero-order valence-electron chi connectivity index (χ0n) is 11.6. The van der Waals surface area contributed by atoms with Crippen molar-refractivity contribution in [2.45, 2.75) is 11.8 Å². The molecule has 21 heavy (non-hydrogen) atoms. The average Bonchev–Trinajstić information content (AvgIpc) is 2.41. The number of nitrogens with one attached hydrogen (secondary N) is 1. The molecule has 0 radical (unpaired) electrons. The van der Waals surface area contributed by atoms with Crippen LogP contribution in [0, 0.1) is 6.92 Å². The molecule has 0 aliphatic carbocycles. The highest BCUT2D eigenvalue weighted by Crippen LogP contribution is 2.21. The summed E-state index contributed by atoms with van der Waals surface area (Å²) in [4.78, 5) is 4.88. The summed E-state index contributed by atoms with van der Waals surface area (Å²) in [6.45, 7) is 1.83. The molecule has 1 aromatic heterocycles. The van der Waals surface area contributed by atoms with Crippen molar-refractivity contribution < 1.29 is 8.42 Å². The summed E-state index contributed by atoms with van der Waals surface area (Å²) in [6, 6.07) is 9.15. The monoisotopic (exact) mass is 323 g/mol. The summed E-state index contributed by atoms with van der Waals surface area (Å²) in [5.41, 5.74) is 7.72. The number of nitrogens with two attached hydrogens (primary N) is 1. The van der Waals surface area contributed by atoms with E-state index in [1.165, 1.54) is 18.0 Å². The van der Waals surface area contributed by atoms with Crippen molar-refractivity contribution in [3.05, 3.63) is 48.3 Å². The van der Waals surface area contributed by atoms with Crippen molar-refractivity contribution in [3.63, 3.8) is 0 Å². The number of sulfonamides is 1. The van der Waals surface area contributed by atoms with Gasteiger partial charge in [0.15, 0.2) is 0 Å². The Morgan fingerprint density at radius 3 is 2.86 bits per heavy atom. The Morgan fingerprint density at radius 2 is 2.14 bits per heavy atom. The van der Waals surface area contributed by atoms with E-state index >= 15 is 0 Å². The van der Waals surface area contributed by atoms with Gasteiger partial charge in [0.2, 0.25) is 10.0 Å². The molecule has 0 spiro atoms. The number of aryl methyl sites for hydroxylation is 1. The number of nitrogens with zero attached hydrogens (tertiary/aromatic N) is 1. The maximum Gasteiger partial charge on any atom is 0.233 e. The van der Waals surface area contributed by atoms with Gasteiger partial charge < -0.3 is 5.73 Å². The summed E-state index contributed by atoms with van der Waals surface area (Å²) in [5, 5.41) is 0. The number of thioether (sulfide) groups is 1. The molecule has 0 unspecified atom stereocenters. The Bertz CT molecular complexity index is 718. The van der Waals surface area contributed by atoms with Crippen molar-refractivity contribution in [3.8, 4) is 0 Å². The van der Waals surface area contributed by atoms with Crippen molar-refractivity contribution in [2.75, 3.05) is 22.0 Å². The molecule has 1 heterocycles. The second-order valence-corrected chi connectivity index (χ2v) is 7.54. The molecule has 7 heteroatoms. The van der Waals surface area contributed by atoms with Crippen molar-refractivity contribution >= 4 is 33.2 Å². The second-order valence-electron chi connectivity index (χ2n) is 4.53. The fourth-order valence-corrected chi connectivity index (χ4v) is 4.15. The van der Waals surface area contributed by atoms with Crippen molar-refractivity contribution in [2.24, 2.45) is 0 Å². The maximum atomic E-state index is 12.0. The quantitative estimate of drug-likeness (QED) is 0.630. The van der Waals surface area contributed by atoms with E-state index in [0.29, 0.717) is 17.1 Å². The highest BCUT2D eigenvalue weighted by molar-refractivity contribution is 8.01. The third-order valence-corrected chi connectivity index (χ3v) is 5.31. The first-order valence-electron chi connectivity index (χ1n) is 6.36. The van der Waals surface area contributed by atoms with E-state index in [-0.39, 0.29) is 5.75 Å². The molecule has 0 saturated carbocycles. The Hall–Kier alpha value is -1.73. The van der Waals surface area contributed by atoms with Crippen LogP contribution in [0.15, 0.2) is 47.6 Å². The van der Waals surface area contributed by atoms with Crippen LogP contribution in [-0.4, -0.2) is 24.9 Å². The van der Waals surface area contributed by atoms with Crippen LogP contribution in [0.1, 0.15) is 5.56 Å². The van der Waals surface area contributed by atoms with Gasteiger partial charge in [0.1, 0.15) is 0 Å². The molecule has 5 nitrogen and oxygen atoms in total. The number of rotatable bonds is 6. The van der Waals surface area contributed by atoms with Gasteiger partial charge in [-0.1, -0.05) is 6.07 Å². The summed E-state index contributed by atoms with van der Waals surface area (Å²) in [5.74, 6) is 0.485. The molecule has 1 aromatic carbocycles. The van der Waals surface area contributed by atoms with E-state index in [9.17, 15) is 8.42 Å². The summed E-state index contributed by atoms with van der Waals surface area (Å²) in [7, 11) is -3.38. The number of hydrogen-bond donors (Lipinski definition) is 2. The highest BCUT2D eigenvalue weighted by atomic mass is 32.2. The fraction of sp³-hybridized carbons (Fsp3) is 0.214. The van der Waals surface area contributed by atoms with Crippen molar-refractivity contribution in [1.82, 2.24) is 4.98 Å². The second kappa shape index (κ2) is 6.82. The minimum absolute atomic E-state index is 0.0286. The topological polar surface area (TPSA) is 85.1 Å². The van der Waals surface area contributed by atoms with E-state index in [4.69, 9.17) is 5.73 Å². The lowest BCUT2D eigenvalue weighted by molar-refractivity contribution is 0.602. The van der Waals surface area contributed by atoms with E-state index in [2.05, 4.69) is 9.71 Å². The Kier molecular flexibility index (Phi) is 5.08. The number of aromatic nitrogens is 1. The van der Waals surface area contributed by atoms with Gasteiger partial charge in [-0.3, -0.25) is 9.71 Å². The molecule has 3 N–H and O–H groups in total. The molecule has 0 amide bonds. The lowest BCUT2D eigenvalue weighted by Gasteiger charge is -2.09. The molecule has 0 saturated heterocycles. The number of anilines is 2. The molecule has 0 aliphatic rings. The van der Waals surface area contributed by atoms with Crippen LogP contribution in [0.25, 0.3) is 0 Å². The first-order valence-corrected chi connectivity index (χ1v) is 8.99. The Morgan fingerprint density at radius 1 is 1.33 bits per heavy atom. The average molecular weight is 323 g/mol. The SMILES string of the molecule is Cc1ccncc1NS(=O)(=O)CCSc1cccc(N)c1. The van der Waals surface area contributed by atoms with Crippen LogP contribution < -0.4 is 10.5 Å². The largest absolute Gasteiger partial charge is 0.399 e.